The number of esters is 1. The second-order valence-electron chi connectivity index (χ2n) is 4.00. The average Bonchev–Trinajstić information content (AvgIpc) is 2.53. The molecular weight excluding hydrogens is 180 g/mol. The second kappa shape index (κ2) is 3.48. The number of carbonyl (C=O) groups excluding carboxylic acids is 1. The molecule has 3 nitrogen and oxygen atoms in total. The normalized spacial score (nSPS) is 31.1. The zero-order chi connectivity index (χ0) is 10.0. The Morgan fingerprint density at radius 1 is 1.64 bits per heavy atom. The summed E-state index contributed by atoms with van der Waals surface area (Å²) in [5.41, 5.74) is 0.0606. The number of allylic oxidation sites excluding steroid dienone is 2. The Morgan fingerprint density at radius 3 is 3.00 bits per heavy atom. The quantitative estimate of drug-likeness (QED) is 0.499. The van der Waals surface area contributed by atoms with E-state index in [0.717, 1.165) is 25.0 Å². The van der Waals surface area contributed by atoms with E-state index in [4.69, 9.17) is 9.47 Å². The maximum Gasteiger partial charge on any atom is 0.306 e. The first-order valence-corrected chi connectivity index (χ1v) is 4.86. The minimum atomic E-state index is -0.0634. The Kier molecular flexibility index (Phi) is 2.32. The molecule has 0 bridgehead atoms. The third-order valence-corrected chi connectivity index (χ3v) is 2.96. The van der Waals surface area contributed by atoms with Gasteiger partial charge in [0.1, 0.15) is 0 Å². The average molecular weight is 194 g/mol. The molecule has 1 aliphatic heterocycles. The van der Waals surface area contributed by atoms with Crippen molar-refractivity contribution in [2.24, 2.45) is 5.41 Å². The molecule has 1 saturated heterocycles. The highest BCUT2D eigenvalue weighted by Gasteiger charge is 2.41. The van der Waals surface area contributed by atoms with Crippen molar-refractivity contribution in [2.45, 2.75) is 25.7 Å². The van der Waals surface area contributed by atoms with E-state index < -0.39 is 0 Å². The van der Waals surface area contributed by atoms with Crippen LogP contribution in [0.15, 0.2) is 24.7 Å². The van der Waals surface area contributed by atoms with Gasteiger partial charge in [-0.2, -0.15) is 0 Å². The molecule has 1 fully saturated rings. The molecule has 1 atom stereocenters. The van der Waals surface area contributed by atoms with Crippen molar-refractivity contribution >= 4 is 5.97 Å². The molecule has 2 aliphatic rings. The van der Waals surface area contributed by atoms with Crippen molar-refractivity contribution in [2.75, 3.05) is 6.61 Å². The molecule has 0 aromatic heterocycles. The molecule has 3 heteroatoms. The van der Waals surface area contributed by atoms with Gasteiger partial charge in [0.05, 0.1) is 25.0 Å². The number of rotatable bonds is 2. The molecule has 0 radical (unpaired) electrons. The number of cyclic esters (lactones) is 1. The van der Waals surface area contributed by atoms with E-state index in [-0.39, 0.29) is 11.4 Å². The molecule has 0 saturated carbocycles. The second-order valence-corrected chi connectivity index (χ2v) is 4.00. The van der Waals surface area contributed by atoms with Gasteiger partial charge in [-0.3, -0.25) is 4.79 Å². The third-order valence-electron chi connectivity index (χ3n) is 2.96. The predicted molar refractivity (Wildman–Crippen MR) is 51.2 cm³/mol. The molecule has 0 N–H and O–H groups in total. The van der Waals surface area contributed by atoms with Gasteiger partial charge in [-0.25, -0.2) is 0 Å². The molecule has 0 amide bonds. The van der Waals surface area contributed by atoms with Crippen molar-refractivity contribution in [1.29, 1.82) is 0 Å². The van der Waals surface area contributed by atoms with Gasteiger partial charge in [0, 0.05) is 11.8 Å². The Hall–Kier alpha value is -1.25. The van der Waals surface area contributed by atoms with Gasteiger partial charge in [-0.1, -0.05) is 6.58 Å². The highest BCUT2D eigenvalue weighted by atomic mass is 16.5. The van der Waals surface area contributed by atoms with Crippen molar-refractivity contribution in [3.8, 4) is 0 Å². The summed E-state index contributed by atoms with van der Waals surface area (Å²) in [6.45, 7) is 4.09. The first kappa shape index (κ1) is 9.31. The SMILES string of the molecule is C=COC1=CCC2(CC1)COC(=O)C2. The van der Waals surface area contributed by atoms with Crippen LogP contribution in [0.1, 0.15) is 25.7 Å². The number of hydrogen-bond donors (Lipinski definition) is 0. The lowest BCUT2D eigenvalue weighted by Gasteiger charge is -2.28. The highest BCUT2D eigenvalue weighted by Crippen LogP contribution is 2.42. The van der Waals surface area contributed by atoms with Gasteiger partial charge >= 0.3 is 5.97 Å². The molecule has 1 unspecified atom stereocenters. The maximum atomic E-state index is 11.0. The van der Waals surface area contributed by atoms with Crippen molar-refractivity contribution < 1.29 is 14.3 Å². The molecule has 14 heavy (non-hydrogen) atoms. The van der Waals surface area contributed by atoms with Gasteiger partial charge in [0.25, 0.3) is 0 Å². The maximum absolute atomic E-state index is 11.0. The molecule has 76 valence electrons. The lowest BCUT2D eigenvalue weighted by Crippen LogP contribution is -2.23. The van der Waals surface area contributed by atoms with E-state index in [2.05, 4.69) is 6.58 Å². The van der Waals surface area contributed by atoms with E-state index >= 15 is 0 Å². The van der Waals surface area contributed by atoms with Gasteiger partial charge in [-0.15, -0.1) is 0 Å². The van der Waals surface area contributed by atoms with Crippen LogP contribution >= 0.6 is 0 Å². The molecule has 0 aromatic rings. The van der Waals surface area contributed by atoms with Crippen LogP contribution < -0.4 is 0 Å². The molecule has 2 rings (SSSR count). The monoisotopic (exact) mass is 194 g/mol. The Labute approximate surface area is 83.4 Å². The summed E-state index contributed by atoms with van der Waals surface area (Å²) in [6, 6.07) is 0. The van der Waals surface area contributed by atoms with Crippen LogP contribution in [0.25, 0.3) is 0 Å². The van der Waals surface area contributed by atoms with Crippen LogP contribution in [0.5, 0.6) is 0 Å². The summed E-state index contributed by atoms with van der Waals surface area (Å²) >= 11 is 0. The summed E-state index contributed by atoms with van der Waals surface area (Å²) in [7, 11) is 0. The van der Waals surface area contributed by atoms with E-state index in [0.29, 0.717) is 13.0 Å². The number of hydrogen-bond acceptors (Lipinski definition) is 3. The van der Waals surface area contributed by atoms with Crippen LogP contribution in [0.2, 0.25) is 0 Å². The van der Waals surface area contributed by atoms with Crippen LogP contribution in [-0.4, -0.2) is 12.6 Å². The van der Waals surface area contributed by atoms with Gasteiger partial charge in [-0.05, 0) is 18.9 Å². The van der Waals surface area contributed by atoms with Crippen LogP contribution in [0.3, 0.4) is 0 Å². The predicted octanol–water partition coefficient (Wildman–Crippen LogP) is 2.15. The van der Waals surface area contributed by atoms with E-state index in [1.165, 1.54) is 6.26 Å². The van der Waals surface area contributed by atoms with E-state index in [1.807, 2.05) is 6.08 Å². The Balaban J connectivity index is 2.01. The molecule has 1 aliphatic carbocycles. The topological polar surface area (TPSA) is 35.5 Å². The van der Waals surface area contributed by atoms with Crippen molar-refractivity contribution in [1.82, 2.24) is 0 Å². The summed E-state index contributed by atoms with van der Waals surface area (Å²) in [5, 5.41) is 0. The molecule has 1 heterocycles. The van der Waals surface area contributed by atoms with Gasteiger partial charge in [0.2, 0.25) is 0 Å². The minimum absolute atomic E-state index is 0.0606. The molecule has 0 aromatic carbocycles. The van der Waals surface area contributed by atoms with Crippen LogP contribution in [0.4, 0.5) is 0 Å². The molecular formula is C11H14O3. The zero-order valence-corrected chi connectivity index (χ0v) is 8.12. The van der Waals surface area contributed by atoms with Crippen LogP contribution in [0, 0.1) is 5.41 Å². The summed E-state index contributed by atoms with van der Waals surface area (Å²) in [5.74, 6) is 0.900. The van der Waals surface area contributed by atoms with Gasteiger partial charge in [0.15, 0.2) is 0 Å². The highest BCUT2D eigenvalue weighted by molar-refractivity contribution is 5.72. The third kappa shape index (κ3) is 1.67. The Morgan fingerprint density at radius 2 is 2.50 bits per heavy atom. The smallest absolute Gasteiger partial charge is 0.306 e. The van der Waals surface area contributed by atoms with E-state index in [9.17, 15) is 4.79 Å². The fraction of sp³-hybridized carbons (Fsp3) is 0.545. The van der Waals surface area contributed by atoms with Crippen LogP contribution in [-0.2, 0) is 14.3 Å². The number of ether oxygens (including phenoxy) is 2. The fourth-order valence-electron chi connectivity index (χ4n) is 2.07. The standard InChI is InChI=1S/C11H14O3/c1-2-13-9-3-5-11(6-4-9)7-10(12)14-8-11/h2-3H,1,4-8H2. The fourth-order valence-corrected chi connectivity index (χ4v) is 2.07. The van der Waals surface area contributed by atoms with Crippen molar-refractivity contribution in [3.05, 3.63) is 24.7 Å². The minimum Gasteiger partial charge on any atom is -0.470 e. The number of carbonyl (C=O) groups is 1. The lowest BCUT2D eigenvalue weighted by atomic mass is 9.76. The first-order valence-electron chi connectivity index (χ1n) is 4.86. The first-order chi connectivity index (χ1) is 6.74. The largest absolute Gasteiger partial charge is 0.470 e. The Bertz CT molecular complexity index is 293. The summed E-state index contributed by atoms with van der Waals surface area (Å²) in [4.78, 5) is 11.0. The van der Waals surface area contributed by atoms with E-state index in [1.54, 1.807) is 0 Å². The zero-order valence-electron chi connectivity index (χ0n) is 8.12. The van der Waals surface area contributed by atoms with Crippen molar-refractivity contribution in [3.63, 3.8) is 0 Å². The lowest BCUT2D eigenvalue weighted by molar-refractivity contribution is -0.137. The summed E-state index contributed by atoms with van der Waals surface area (Å²) < 4.78 is 10.2. The molecule has 1 spiro atoms. The summed E-state index contributed by atoms with van der Waals surface area (Å²) in [6.07, 6.45) is 6.78. The van der Waals surface area contributed by atoms with Gasteiger partial charge < -0.3 is 9.47 Å².